The molecule has 0 spiro atoms. The van der Waals surface area contributed by atoms with Gasteiger partial charge in [0.2, 0.25) is 5.91 Å². The molecule has 116 valence electrons. The largest absolute Gasteiger partial charge is 0.397 e. The number of anilines is 2. The highest BCUT2D eigenvalue weighted by atomic mass is 16.1. The Morgan fingerprint density at radius 3 is 2.90 bits per heavy atom. The Labute approximate surface area is 127 Å². The van der Waals surface area contributed by atoms with Gasteiger partial charge in [0.1, 0.15) is 0 Å². The van der Waals surface area contributed by atoms with E-state index in [4.69, 9.17) is 5.73 Å². The van der Waals surface area contributed by atoms with Gasteiger partial charge in [-0.25, -0.2) is 0 Å². The van der Waals surface area contributed by atoms with Gasteiger partial charge in [0.15, 0.2) is 0 Å². The molecule has 0 radical (unpaired) electrons. The topological polar surface area (TPSA) is 58.4 Å². The summed E-state index contributed by atoms with van der Waals surface area (Å²) in [6, 6.07) is 8.04. The van der Waals surface area contributed by atoms with E-state index in [0.717, 1.165) is 13.1 Å². The monoisotopic (exact) mass is 289 g/mol. The molecule has 1 aliphatic heterocycles. The first-order valence-electron chi connectivity index (χ1n) is 8.09. The molecule has 4 heteroatoms. The van der Waals surface area contributed by atoms with Gasteiger partial charge in [-0.2, -0.15) is 0 Å². The van der Waals surface area contributed by atoms with Crippen LogP contribution in [0.15, 0.2) is 24.3 Å². The van der Waals surface area contributed by atoms with E-state index in [-0.39, 0.29) is 5.91 Å². The fourth-order valence-corrected chi connectivity index (χ4v) is 3.06. The third-order valence-electron chi connectivity index (χ3n) is 4.33. The average Bonchev–Trinajstić information content (AvgIpc) is 2.72. The Morgan fingerprint density at radius 2 is 2.14 bits per heavy atom. The Hall–Kier alpha value is -1.55. The van der Waals surface area contributed by atoms with E-state index in [1.54, 1.807) is 6.07 Å². The highest BCUT2D eigenvalue weighted by molar-refractivity contribution is 5.93. The average molecular weight is 289 g/mol. The maximum absolute atomic E-state index is 12.1. The molecule has 1 atom stereocenters. The highest BCUT2D eigenvalue weighted by Gasteiger charge is 2.19. The van der Waals surface area contributed by atoms with E-state index in [9.17, 15) is 4.79 Å². The van der Waals surface area contributed by atoms with Gasteiger partial charge < -0.3 is 11.1 Å². The van der Waals surface area contributed by atoms with E-state index >= 15 is 0 Å². The fraction of sp³-hybridized carbons (Fsp3) is 0.588. The summed E-state index contributed by atoms with van der Waals surface area (Å²) in [5.74, 6) is 0.0481. The molecule has 0 aliphatic carbocycles. The predicted molar refractivity (Wildman–Crippen MR) is 88.2 cm³/mol. The van der Waals surface area contributed by atoms with E-state index in [2.05, 4.69) is 17.1 Å². The van der Waals surface area contributed by atoms with Crippen molar-refractivity contribution in [2.24, 2.45) is 0 Å². The van der Waals surface area contributed by atoms with Gasteiger partial charge in [0.25, 0.3) is 0 Å². The van der Waals surface area contributed by atoms with E-state index in [1.165, 1.54) is 32.1 Å². The summed E-state index contributed by atoms with van der Waals surface area (Å²) in [4.78, 5) is 14.6. The second kappa shape index (κ2) is 8.03. The standard InChI is InChI=1S/C17H27N3O/c1-2-14-8-4-3-7-12-20(14)13-11-17(21)19-16-10-6-5-9-15(16)18/h5-6,9-10,14H,2-4,7-8,11-13,18H2,1H3,(H,19,21). The first kappa shape index (κ1) is 15.8. The summed E-state index contributed by atoms with van der Waals surface area (Å²) in [6.45, 7) is 4.21. The van der Waals surface area contributed by atoms with Crippen molar-refractivity contribution in [3.05, 3.63) is 24.3 Å². The van der Waals surface area contributed by atoms with Gasteiger partial charge in [0, 0.05) is 19.0 Å². The molecule has 1 fully saturated rings. The Kier molecular flexibility index (Phi) is 6.05. The van der Waals surface area contributed by atoms with Crippen LogP contribution >= 0.6 is 0 Å². The minimum atomic E-state index is 0.0481. The van der Waals surface area contributed by atoms with E-state index in [0.29, 0.717) is 23.8 Å². The summed E-state index contributed by atoms with van der Waals surface area (Å²) >= 11 is 0. The summed E-state index contributed by atoms with van der Waals surface area (Å²) in [6.07, 6.45) is 6.87. The number of hydrogen-bond donors (Lipinski definition) is 2. The molecule has 0 aromatic heterocycles. The number of amides is 1. The molecule has 1 saturated heterocycles. The Morgan fingerprint density at radius 1 is 1.33 bits per heavy atom. The lowest BCUT2D eigenvalue weighted by Gasteiger charge is -2.28. The summed E-state index contributed by atoms with van der Waals surface area (Å²) < 4.78 is 0. The second-order valence-corrected chi connectivity index (χ2v) is 5.83. The van der Waals surface area contributed by atoms with Gasteiger partial charge in [0.05, 0.1) is 11.4 Å². The number of benzene rings is 1. The van der Waals surface area contributed by atoms with Crippen LogP contribution in [0.1, 0.15) is 45.4 Å². The predicted octanol–water partition coefficient (Wildman–Crippen LogP) is 3.25. The molecule has 1 aromatic rings. The van der Waals surface area contributed by atoms with Crippen molar-refractivity contribution in [2.45, 2.75) is 51.5 Å². The van der Waals surface area contributed by atoms with Crippen molar-refractivity contribution in [1.29, 1.82) is 0 Å². The van der Waals surface area contributed by atoms with Crippen molar-refractivity contribution in [1.82, 2.24) is 4.90 Å². The molecule has 1 heterocycles. The van der Waals surface area contributed by atoms with Crippen LogP contribution in [0.2, 0.25) is 0 Å². The number of nitrogens with two attached hydrogens (primary N) is 1. The van der Waals surface area contributed by atoms with Crippen LogP contribution in [0.25, 0.3) is 0 Å². The molecular weight excluding hydrogens is 262 g/mol. The van der Waals surface area contributed by atoms with Crippen molar-refractivity contribution >= 4 is 17.3 Å². The zero-order valence-corrected chi connectivity index (χ0v) is 13.0. The van der Waals surface area contributed by atoms with Crippen molar-refractivity contribution in [3.63, 3.8) is 0 Å². The number of nitrogens with zero attached hydrogens (tertiary/aromatic N) is 1. The van der Waals surface area contributed by atoms with Crippen LogP contribution in [0.4, 0.5) is 11.4 Å². The van der Waals surface area contributed by atoms with Crippen LogP contribution in [-0.2, 0) is 4.79 Å². The van der Waals surface area contributed by atoms with Crippen molar-refractivity contribution in [2.75, 3.05) is 24.1 Å². The zero-order valence-electron chi connectivity index (χ0n) is 13.0. The maximum atomic E-state index is 12.1. The first-order valence-corrected chi connectivity index (χ1v) is 8.09. The zero-order chi connectivity index (χ0) is 15.1. The van der Waals surface area contributed by atoms with Gasteiger partial charge in [-0.3, -0.25) is 9.69 Å². The number of nitrogen functional groups attached to an aromatic ring is 1. The molecule has 2 rings (SSSR count). The lowest BCUT2D eigenvalue weighted by molar-refractivity contribution is -0.116. The van der Waals surface area contributed by atoms with Crippen LogP contribution in [0, 0.1) is 0 Å². The molecule has 21 heavy (non-hydrogen) atoms. The molecule has 0 saturated carbocycles. The quantitative estimate of drug-likeness (QED) is 0.818. The molecule has 1 unspecified atom stereocenters. The maximum Gasteiger partial charge on any atom is 0.225 e. The van der Waals surface area contributed by atoms with E-state index < -0.39 is 0 Å². The third-order valence-corrected chi connectivity index (χ3v) is 4.33. The molecule has 1 aliphatic rings. The van der Waals surface area contributed by atoms with E-state index in [1.807, 2.05) is 18.2 Å². The molecule has 4 nitrogen and oxygen atoms in total. The van der Waals surface area contributed by atoms with Gasteiger partial charge >= 0.3 is 0 Å². The third kappa shape index (κ3) is 4.74. The smallest absolute Gasteiger partial charge is 0.225 e. The minimum Gasteiger partial charge on any atom is -0.397 e. The summed E-state index contributed by atoms with van der Waals surface area (Å²) in [5.41, 5.74) is 7.18. The first-order chi connectivity index (χ1) is 10.2. The van der Waals surface area contributed by atoms with Gasteiger partial charge in [-0.1, -0.05) is 31.9 Å². The second-order valence-electron chi connectivity index (χ2n) is 5.83. The molecule has 1 amide bonds. The van der Waals surface area contributed by atoms with Crippen molar-refractivity contribution in [3.8, 4) is 0 Å². The molecule has 1 aromatic carbocycles. The van der Waals surface area contributed by atoms with Crippen LogP contribution < -0.4 is 11.1 Å². The summed E-state index contributed by atoms with van der Waals surface area (Å²) in [7, 11) is 0. The van der Waals surface area contributed by atoms with Crippen molar-refractivity contribution < 1.29 is 4.79 Å². The number of para-hydroxylation sites is 2. The number of likely N-dealkylation sites (tertiary alicyclic amines) is 1. The fourth-order valence-electron chi connectivity index (χ4n) is 3.06. The number of rotatable bonds is 5. The summed E-state index contributed by atoms with van der Waals surface area (Å²) in [5, 5.41) is 2.91. The number of hydrogen-bond acceptors (Lipinski definition) is 3. The Balaban J connectivity index is 1.84. The SMILES string of the molecule is CCC1CCCCCN1CCC(=O)Nc1ccccc1N. The lowest BCUT2D eigenvalue weighted by Crippen LogP contribution is -2.36. The van der Waals surface area contributed by atoms with Gasteiger partial charge in [-0.15, -0.1) is 0 Å². The number of carbonyl (C=O) groups is 1. The van der Waals surface area contributed by atoms with Gasteiger partial charge in [-0.05, 0) is 37.9 Å². The van der Waals surface area contributed by atoms with Crippen LogP contribution in [0.3, 0.4) is 0 Å². The normalized spacial score (nSPS) is 20.0. The highest BCUT2D eigenvalue weighted by Crippen LogP contribution is 2.20. The molecule has 3 N–H and O–H groups in total. The van der Waals surface area contributed by atoms with Crippen LogP contribution in [0.5, 0.6) is 0 Å². The minimum absolute atomic E-state index is 0.0481. The number of nitrogens with one attached hydrogen (secondary N) is 1. The molecule has 0 bridgehead atoms. The van der Waals surface area contributed by atoms with Crippen LogP contribution in [-0.4, -0.2) is 29.9 Å². The Bertz CT molecular complexity index is 461. The lowest BCUT2D eigenvalue weighted by atomic mass is 10.1. The number of carbonyl (C=O) groups excluding carboxylic acids is 1. The molecular formula is C17H27N3O.